The van der Waals surface area contributed by atoms with E-state index in [9.17, 15) is 4.79 Å². The molecular formula is C17H19N3O3S. The molecule has 0 N–H and O–H groups in total. The fraction of sp³-hybridized carbons (Fsp3) is 0.353. The van der Waals surface area contributed by atoms with Crippen molar-refractivity contribution in [3.05, 3.63) is 41.3 Å². The van der Waals surface area contributed by atoms with Crippen LogP contribution >= 0.6 is 11.3 Å². The van der Waals surface area contributed by atoms with Crippen molar-refractivity contribution >= 4 is 33.3 Å². The van der Waals surface area contributed by atoms with Crippen molar-refractivity contribution in [2.45, 2.75) is 39.8 Å². The normalized spacial score (nSPS) is 11.7. The molecule has 3 heterocycles. The van der Waals surface area contributed by atoms with Crippen LogP contribution in [-0.2, 0) is 11.3 Å². The number of thiophene rings is 1. The van der Waals surface area contributed by atoms with E-state index in [0.717, 1.165) is 15.8 Å². The lowest BCUT2D eigenvalue weighted by Gasteiger charge is -2.26. The molecule has 0 aliphatic carbocycles. The van der Waals surface area contributed by atoms with Gasteiger partial charge in [-0.25, -0.2) is 4.79 Å². The Labute approximate surface area is 144 Å². The molecule has 0 saturated heterocycles. The van der Waals surface area contributed by atoms with Gasteiger partial charge in [-0.05, 0) is 50.8 Å². The molecule has 3 rings (SSSR count). The summed E-state index contributed by atoms with van der Waals surface area (Å²) in [6.45, 7) is 7.75. The van der Waals surface area contributed by atoms with Crippen LogP contribution in [0.3, 0.4) is 0 Å². The van der Waals surface area contributed by atoms with Crippen molar-refractivity contribution in [2.75, 3.05) is 4.90 Å². The van der Waals surface area contributed by atoms with Crippen LogP contribution in [0.2, 0.25) is 0 Å². The van der Waals surface area contributed by atoms with Gasteiger partial charge in [-0.15, -0.1) is 16.4 Å². The second-order valence-electron chi connectivity index (χ2n) is 6.47. The molecule has 0 saturated carbocycles. The molecule has 0 aliphatic heterocycles. The van der Waals surface area contributed by atoms with Gasteiger partial charge in [-0.1, -0.05) is 0 Å². The number of fused-ring (bicyclic) bond motifs is 1. The van der Waals surface area contributed by atoms with Crippen LogP contribution in [0.1, 0.15) is 32.1 Å². The predicted molar refractivity (Wildman–Crippen MR) is 93.3 cm³/mol. The summed E-state index contributed by atoms with van der Waals surface area (Å²) in [5, 5.41) is 10.2. The number of ether oxygens (including phenoxy) is 1. The van der Waals surface area contributed by atoms with Crippen molar-refractivity contribution in [3.63, 3.8) is 0 Å². The maximum Gasteiger partial charge on any atom is 0.415 e. The highest BCUT2D eigenvalue weighted by Gasteiger charge is 2.26. The maximum absolute atomic E-state index is 12.8. The molecule has 3 aromatic heterocycles. The van der Waals surface area contributed by atoms with Crippen molar-refractivity contribution in [3.8, 4) is 0 Å². The summed E-state index contributed by atoms with van der Waals surface area (Å²) in [5.74, 6) is 0.666. The monoisotopic (exact) mass is 345 g/mol. The Morgan fingerprint density at radius 2 is 2.21 bits per heavy atom. The lowest BCUT2D eigenvalue weighted by atomic mass is 10.2. The van der Waals surface area contributed by atoms with Gasteiger partial charge in [0, 0.05) is 0 Å². The topological polar surface area (TPSA) is 68.5 Å². The third kappa shape index (κ3) is 3.41. The molecule has 0 unspecified atom stereocenters. The zero-order valence-corrected chi connectivity index (χ0v) is 14.9. The first-order valence-electron chi connectivity index (χ1n) is 7.57. The number of rotatable bonds is 3. The first-order chi connectivity index (χ1) is 11.3. The summed E-state index contributed by atoms with van der Waals surface area (Å²) in [4.78, 5) is 14.3. The number of aromatic nitrogens is 2. The Kier molecular flexibility index (Phi) is 4.28. The Bertz CT molecular complexity index is 850. The molecule has 6 nitrogen and oxygen atoms in total. The fourth-order valence-corrected chi connectivity index (χ4v) is 3.26. The standard InChI is InChI=1S/C17H19N3O3S/c1-11-10-24-15-13(8-18-19-14(11)15)20(9-12-6-5-7-22-12)16(21)23-17(2,3)4/h5-8,10H,9H2,1-4H3. The molecule has 0 bridgehead atoms. The first-order valence-corrected chi connectivity index (χ1v) is 8.45. The van der Waals surface area contributed by atoms with E-state index < -0.39 is 11.7 Å². The Balaban J connectivity index is 2.04. The molecule has 3 aromatic rings. The van der Waals surface area contributed by atoms with Crippen LogP contribution in [0.15, 0.2) is 34.4 Å². The maximum atomic E-state index is 12.8. The van der Waals surface area contributed by atoms with Crippen LogP contribution in [0, 0.1) is 6.92 Å². The van der Waals surface area contributed by atoms with Crippen molar-refractivity contribution in [1.29, 1.82) is 0 Å². The van der Waals surface area contributed by atoms with E-state index in [1.165, 1.54) is 16.2 Å². The van der Waals surface area contributed by atoms with Crippen LogP contribution < -0.4 is 4.90 Å². The van der Waals surface area contributed by atoms with Gasteiger partial charge in [0.2, 0.25) is 0 Å². The van der Waals surface area contributed by atoms with E-state index in [-0.39, 0.29) is 6.54 Å². The number of nitrogens with zero attached hydrogens (tertiary/aromatic N) is 3. The smallest absolute Gasteiger partial charge is 0.415 e. The lowest BCUT2D eigenvalue weighted by molar-refractivity contribution is 0.0575. The highest BCUT2D eigenvalue weighted by molar-refractivity contribution is 7.18. The van der Waals surface area contributed by atoms with E-state index >= 15 is 0 Å². The quantitative estimate of drug-likeness (QED) is 0.697. The summed E-state index contributed by atoms with van der Waals surface area (Å²) in [6.07, 6.45) is 2.72. The zero-order valence-electron chi connectivity index (χ0n) is 14.1. The van der Waals surface area contributed by atoms with E-state index in [1.807, 2.05) is 39.1 Å². The molecule has 0 aromatic carbocycles. The highest BCUT2D eigenvalue weighted by Crippen LogP contribution is 2.33. The highest BCUT2D eigenvalue weighted by atomic mass is 32.1. The number of aryl methyl sites for hydroxylation is 1. The molecule has 0 fully saturated rings. The average Bonchev–Trinajstić information content (AvgIpc) is 3.13. The molecule has 24 heavy (non-hydrogen) atoms. The average molecular weight is 345 g/mol. The number of furan rings is 1. The minimum absolute atomic E-state index is 0.264. The SMILES string of the molecule is Cc1csc2c(N(Cc3ccco3)C(=O)OC(C)(C)C)cnnc12. The first kappa shape index (κ1) is 16.4. The fourth-order valence-electron chi connectivity index (χ4n) is 2.26. The summed E-state index contributed by atoms with van der Waals surface area (Å²) < 4.78 is 11.9. The van der Waals surface area contributed by atoms with Crippen molar-refractivity contribution in [2.24, 2.45) is 0 Å². The molecule has 1 amide bonds. The van der Waals surface area contributed by atoms with Crippen LogP contribution in [-0.4, -0.2) is 21.9 Å². The van der Waals surface area contributed by atoms with Crippen molar-refractivity contribution in [1.82, 2.24) is 10.2 Å². The van der Waals surface area contributed by atoms with Crippen LogP contribution in [0.25, 0.3) is 10.2 Å². The van der Waals surface area contributed by atoms with Gasteiger partial charge in [0.1, 0.15) is 16.9 Å². The second kappa shape index (κ2) is 6.24. The largest absolute Gasteiger partial charge is 0.467 e. The van der Waals surface area contributed by atoms with Crippen LogP contribution in [0.5, 0.6) is 0 Å². The minimum atomic E-state index is -0.594. The number of anilines is 1. The zero-order chi connectivity index (χ0) is 17.3. The van der Waals surface area contributed by atoms with Crippen molar-refractivity contribution < 1.29 is 13.9 Å². The Hall–Kier alpha value is -2.41. The number of carbonyl (C=O) groups excluding carboxylic acids is 1. The third-order valence-electron chi connectivity index (χ3n) is 3.31. The molecule has 126 valence electrons. The minimum Gasteiger partial charge on any atom is -0.467 e. The van der Waals surface area contributed by atoms with Gasteiger partial charge in [0.05, 0.1) is 29.4 Å². The summed E-state index contributed by atoms with van der Waals surface area (Å²) >= 11 is 1.53. The molecule has 0 aliphatic rings. The van der Waals surface area contributed by atoms with Gasteiger partial charge in [0.25, 0.3) is 0 Å². The Morgan fingerprint density at radius 3 is 2.88 bits per heavy atom. The second-order valence-corrected chi connectivity index (χ2v) is 7.35. The molecule has 0 spiro atoms. The van der Waals surface area contributed by atoms with E-state index in [2.05, 4.69) is 10.2 Å². The number of hydrogen-bond acceptors (Lipinski definition) is 6. The van der Waals surface area contributed by atoms with Gasteiger partial charge in [-0.2, -0.15) is 5.10 Å². The summed E-state index contributed by atoms with van der Waals surface area (Å²) in [5.41, 5.74) is 1.91. The number of amides is 1. The van der Waals surface area contributed by atoms with Gasteiger partial charge in [0.15, 0.2) is 0 Å². The van der Waals surface area contributed by atoms with E-state index in [4.69, 9.17) is 9.15 Å². The van der Waals surface area contributed by atoms with Gasteiger partial charge < -0.3 is 9.15 Å². The molecule has 0 atom stereocenters. The summed E-state index contributed by atoms with van der Waals surface area (Å²) in [7, 11) is 0. The number of hydrogen-bond donors (Lipinski definition) is 0. The van der Waals surface area contributed by atoms with E-state index in [0.29, 0.717) is 11.4 Å². The predicted octanol–water partition coefficient (Wildman–Crippen LogP) is 4.53. The van der Waals surface area contributed by atoms with Crippen LogP contribution in [0.4, 0.5) is 10.5 Å². The molecular weight excluding hydrogens is 326 g/mol. The third-order valence-corrected chi connectivity index (χ3v) is 4.42. The van der Waals surface area contributed by atoms with Gasteiger partial charge >= 0.3 is 6.09 Å². The van der Waals surface area contributed by atoms with E-state index in [1.54, 1.807) is 18.5 Å². The Morgan fingerprint density at radius 1 is 1.42 bits per heavy atom. The summed E-state index contributed by atoms with van der Waals surface area (Å²) in [6, 6.07) is 3.61. The molecule has 0 radical (unpaired) electrons. The lowest BCUT2D eigenvalue weighted by Crippen LogP contribution is -2.36. The molecule has 7 heteroatoms. The number of carbonyl (C=O) groups is 1. The van der Waals surface area contributed by atoms with Gasteiger partial charge in [-0.3, -0.25) is 4.90 Å².